The van der Waals surface area contributed by atoms with E-state index in [0.717, 1.165) is 18.0 Å². The second-order valence-corrected chi connectivity index (χ2v) is 8.01. The lowest BCUT2D eigenvalue weighted by molar-refractivity contribution is -0.137. The maximum absolute atomic E-state index is 13.2. The van der Waals surface area contributed by atoms with Gasteiger partial charge >= 0.3 is 12.2 Å². The van der Waals surface area contributed by atoms with E-state index in [0.29, 0.717) is 43.6 Å². The average Bonchev–Trinajstić information content (AvgIpc) is 2.88. The Kier molecular flexibility index (Phi) is 6.16. The molecule has 1 aromatic carbocycles. The van der Waals surface area contributed by atoms with Crippen molar-refractivity contribution in [2.45, 2.75) is 6.18 Å². The Morgan fingerprint density at radius 3 is 2.54 bits per heavy atom. The first kappa shape index (κ1) is 22.9. The largest absolute Gasteiger partial charge is 0.488 e. The van der Waals surface area contributed by atoms with E-state index in [1.165, 1.54) is 11.0 Å². The third-order valence-corrected chi connectivity index (χ3v) is 5.70. The lowest BCUT2D eigenvalue weighted by Gasteiger charge is -2.29. The minimum Gasteiger partial charge on any atom is -0.488 e. The van der Waals surface area contributed by atoms with E-state index in [4.69, 9.17) is 9.47 Å². The molecule has 2 aromatic heterocycles. The van der Waals surface area contributed by atoms with Gasteiger partial charge in [-0.3, -0.25) is 10.2 Å². The summed E-state index contributed by atoms with van der Waals surface area (Å²) in [5, 5.41) is 2.79. The first-order chi connectivity index (χ1) is 16.9. The number of hydrogen-bond donors (Lipinski definition) is 1. The Hall–Kier alpha value is -3.86. The van der Waals surface area contributed by atoms with Crippen molar-refractivity contribution in [3.8, 4) is 17.0 Å². The summed E-state index contributed by atoms with van der Waals surface area (Å²) < 4.78 is 50.5. The summed E-state index contributed by atoms with van der Waals surface area (Å²) in [6.45, 7) is 3.13. The van der Waals surface area contributed by atoms with Crippen molar-refractivity contribution < 1.29 is 27.4 Å². The Bertz CT molecular complexity index is 1230. The van der Waals surface area contributed by atoms with Gasteiger partial charge in [-0.15, -0.1) is 0 Å². The molecule has 1 fully saturated rings. The van der Waals surface area contributed by atoms with Gasteiger partial charge in [-0.2, -0.15) is 13.2 Å². The van der Waals surface area contributed by atoms with Crippen LogP contribution < -0.4 is 19.9 Å². The molecule has 2 aliphatic heterocycles. The number of nitrogens with zero attached hydrogens (tertiary/aromatic N) is 4. The summed E-state index contributed by atoms with van der Waals surface area (Å²) in [5.41, 5.74) is -0.189. The molecule has 0 atom stereocenters. The van der Waals surface area contributed by atoms with Crippen molar-refractivity contribution in [3.05, 3.63) is 60.2 Å². The van der Waals surface area contributed by atoms with Gasteiger partial charge in [0.1, 0.15) is 18.2 Å². The molecule has 0 unspecified atom stereocenters. The molecule has 0 saturated carbocycles. The predicted molar refractivity (Wildman–Crippen MR) is 124 cm³/mol. The zero-order chi connectivity index (χ0) is 24.4. The van der Waals surface area contributed by atoms with E-state index in [1.54, 1.807) is 24.3 Å². The molecule has 0 bridgehead atoms. The first-order valence-corrected chi connectivity index (χ1v) is 11.1. The van der Waals surface area contributed by atoms with Crippen molar-refractivity contribution in [3.63, 3.8) is 0 Å². The summed E-state index contributed by atoms with van der Waals surface area (Å²) in [6.07, 6.45) is -4.47. The number of alkyl halides is 3. The number of anilines is 3. The van der Waals surface area contributed by atoms with Crippen molar-refractivity contribution in [2.75, 3.05) is 54.6 Å². The van der Waals surface area contributed by atoms with Crippen molar-refractivity contribution in [1.82, 2.24) is 9.97 Å². The number of ether oxygens (including phenoxy) is 2. The number of carbonyl (C=O) groups is 1. The normalized spacial score (nSPS) is 15.9. The van der Waals surface area contributed by atoms with Gasteiger partial charge < -0.3 is 14.4 Å². The number of morpholine rings is 1. The number of amides is 2. The van der Waals surface area contributed by atoms with Crippen molar-refractivity contribution in [2.24, 2.45) is 0 Å². The van der Waals surface area contributed by atoms with Gasteiger partial charge in [-0.05, 0) is 36.4 Å². The van der Waals surface area contributed by atoms with Crippen LogP contribution in [0, 0.1) is 0 Å². The number of halogens is 3. The average molecular weight is 485 g/mol. The summed E-state index contributed by atoms with van der Waals surface area (Å²) in [4.78, 5) is 25.6. The van der Waals surface area contributed by atoms with Gasteiger partial charge in [0.25, 0.3) is 0 Å². The molecule has 0 radical (unpaired) electrons. The molecule has 1 saturated heterocycles. The third-order valence-electron chi connectivity index (χ3n) is 5.70. The van der Waals surface area contributed by atoms with E-state index in [2.05, 4.69) is 20.2 Å². The van der Waals surface area contributed by atoms with Gasteiger partial charge in [0.15, 0.2) is 11.6 Å². The van der Waals surface area contributed by atoms with Crippen LogP contribution in [0.2, 0.25) is 0 Å². The van der Waals surface area contributed by atoms with Gasteiger partial charge in [0.2, 0.25) is 0 Å². The highest BCUT2D eigenvalue weighted by Crippen LogP contribution is 2.35. The van der Waals surface area contributed by atoms with Crippen molar-refractivity contribution in [1.29, 1.82) is 0 Å². The highest BCUT2D eigenvalue weighted by molar-refractivity contribution is 6.02. The van der Waals surface area contributed by atoms with Crippen LogP contribution in [0.3, 0.4) is 0 Å². The zero-order valence-corrected chi connectivity index (χ0v) is 18.6. The molecule has 1 N–H and O–H groups in total. The van der Waals surface area contributed by atoms with E-state index in [1.807, 2.05) is 12.1 Å². The van der Waals surface area contributed by atoms with Crippen LogP contribution in [-0.2, 0) is 10.9 Å². The number of carbonyl (C=O) groups excluding carboxylic acids is 1. The van der Waals surface area contributed by atoms with E-state index in [9.17, 15) is 18.0 Å². The van der Waals surface area contributed by atoms with E-state index < -0.39 is 17.8 Å². The van der Waals surface area contributed by atoms with Crippen LogP contribution in [0.4, 0.5) is 35.4 Å². The molecule has 0 spiro atoms. The monoisotopic (exact) mass is 485 g/mol. The second kappa shape index (κ2) is 9.41. The minimum absolute atomic E-state index is 0.223. The highest BCUT2D eigenvalue weighted by atomic mass is 19.4. The number of benzene rings is 1. The standard InChI is InChI=1S/C24H22F3N5O3/c25-24(26,27)17-4-1-3-16(15-17)18-7-8-19-22(28-18)32(11-14-35-19)23(33)30-20-5-2-6-21(29-20)31-9-12-34-13-10-31/h1-8,15H,9-14H2,(H,29,30,33). The predicted octanol–water partition coefficient (Wildman–Crippen LogP) is 4.43. The molecule has 0 aliphatic carbocycles. The molecule has 2 aliphatic rings. The van der Waals surface area contributed by atoms with Crippen LogP contribution >= 0.6 is 0 Å². The van der Waals surface area contributed by atoms with E-state index in [-0.39, 0.29) is 24.5 Å². The van der Waals surface area contributed by atoms with Crippen LogP contribution in [0.15, 0.2) is 54.6 Å². The maximum Gasteiger partial charge on any atom is 0.416 e. The fraction of sp³-hybridized carbons (Fsp3) is 0.292. The number of aromatic nitrogens is 2. The minimum atomic E-state index is -4.47. The van der Waals surface area contributed by atoms with Gasteiger partial charge in [-0.1, -0.05) is 18.2 Å². The summed E-state index contributed by atoms with van der Waals surface area (Å²) in [6, 6.07) is 13.0. The van der Waals surface area contributed by atoms with Gasteiger partial charge in [0.05, 0.1) is 31.0 Å². The Balaban J connectivity index is 1.39. The van der Waals surface area contributed by atoms with Crippen molar-refractivity contribution >= 4 is 23.5 Å². The molecule has 2 amide bonds. The first-order valence-electron chi connectivity index (χ1n) is 11.1. The zero-order valence-electron chi connectivity index (χ0n) is 18.6. The van der Waals surface area contributed by atoms with E-state index >= 15 is 0 Å². The van der Waals surface area contributed by atoms with Crippen LogP contribution in [0.5, 0.6) is 5.75 Å². The molecule has 4 heterocycles. The quantitative estimate of drug-likeness (QED) is 0.591. The highest BCUT2D eigenvalue weighted by Gasteiger charge is 2.31. The fourth-order valence-corrected chi connectivity index (χ4v) is 3.95. The van der Waals surface area contributed by atoms with Gasteiger partial charge in [-0.25, -0.2) is 14.8 Å². The topological polar surface area (TPSA) is 79.8 Å². The summed E-state index contributed by atoms with van der Waals surface area (Å²) in [7, 11) is 0. The molecule has 182 valence electrons. The Labute approximate surface area is 199 Å². The second-order valence-electron chi connectivity index (χ2n) is 8.01. The molecule has 11 heteroatoms. The number of rotatable bonds is 3. The summed E-state index contributed by atoms with van der Waals surface area (Å²) in [5.74, 6) is 1.71. The Morgan fingerprint density at radius 2 is 1.74 bits per heavy atom. The number of pyridine rings is 2. The lowest BCUT2D eigenvalue weighted by atomic mass is 10.1. The Morgan fingerprint density at radius 1 is 0.943 bits per heavy atom. The number of nitrogens with one attached hydrogen (secondary N) is 1. The SMILES string of the molecule is O=C(Nc1cccc(N2CCOCC2)n1)N1CCOc2ccc(-c3cccc(C(F)(F)F)c3)nc21. The molecule has 35 heavy (non-hydrogen) atoms. The third kappa shape index (κ3) is 4.99. The maximum atomic E-state index is 13.2. The fourth-order valence-electron chi connectivity index (χ4n) is 3.95. The smallest absolute Gasteiger partial charge is 0.416 e. The summed E-state index contributed by atoms with van der Waals surface area (Å²) >= 11 is 0. The molecular weight excluding hydrogens is 463 g/mol. The molecule has 8 nitrogen and oxygen atoms in total. The molecule has 3 aromatic rings. The molecular formula is C24H22F3N5O3. The lowest BCUT2D eigenvalue weighted by Crippen LogP contribution is -2.41. The van der Waals surface area contributed by atoms with Crippen LogP contribution in [0.1, 0.15) is 5.56 Å². The number of hydrogen-bond acceptors (Lipinski definition) is 6. The van der Waals surface area contributed by atoms with Gasteiger partial charge in [0, 0.05) is 18.7 Å². The van der Waals surface area contributed by atoms with Crippen LogP contribution in [0.25, 0.3) is 11.3 Å². The number of fused-ring (bicyclic) bond motifs is 1. The number of urea groups is 1. The molecule has 5 rings (SSSR count). The van der Waals surface area contributed by atoms with Crippen LogP contribution in [-0.4, -0.2) is 55.5 Å².